The summed E-state index contributed by atoms with van der Waals surface area (Å²) in [7, 11) is 0. The van der Waals surface area contributed by atoms with Crippen LogP contribution in [0.3, 0.4) is 0 Å². The summed E-state index contributed by atoms with van der Waals surface area (Å²) < 4.78 is 0. The first-order chi connectivity index (χ1) is 9.04. The van der Waals surface area contributed by atoms with Crippen molar-refractivity contribution >= 4 is 17.7 Å². The first kappa shape index (κ1) is 15.0. The Morgan fingerprint density at radius 2 is 1.68 bits per heavy atom. The fourth-order valence-corrected chi connectivity index (χ4v) is 1.58. The van der Waals surface area contributed by atoms with Crippen molar-refractivity contribution in [1.82, 2.24) is 15.3 Å². The molecule has 0 aliphatic heterocycles. The molecule has 0 saturated heterocycles. The highest BCUT2D eigenvalue weighted by Gasteiger charge is 2.08. The van der Waals surface area contributed by atoms with Crippen molar-refractivity contribution in [3.8, 4) is 0 Å². The van der Waals surface area contributed by atoms with Crippen molar-refractivity contribution in [3.63, 3.8) is 0 Å². The number of amides is 2. The van der Waals surface area contributed by atoms with Gasteiger partial charge in [-0.2, -0.15) is 0 Å². The largest absolute Gasteiger partial charge is 0.370 e. The number of primary amides is 1. The molecule has 106 valence electrons. The molecule has 0 unspecified atom stereocenters. The molecule has 0 atom stereocenters. The number of urea groups is 1. The number of aromatic nitrogens is 2. The first-order valence-corrected chi connectivity index (χ1v) is 6.40. The molecule has 7 heteroatoms. The van der Waals surface area contributed by atoms with Gasteiger partial charge in [0.05, 0.1) is 0 Å². The van der Waals surface area contributed by atoms with Gasteiger partial charge >= 0.3 is 6.03 Å². The molecule has 0 aromatic carbocycles. The lowest BCUT2D eigenvalue weighted by Crippen LogP contribution is -2.33. The molecule has 0 fully saturated rings. The van der Waals surface area contributed by atoms with Gasteiger partial charge in [0.1, 0.15) is 17.5 Å². The Balaban J connectivity index is 2.66. The van der Waals surface area contributed by atoms with Crippen LogP contribution in [0.25, 0.3) is 0 Å². The van der Waals surface area contributed by atoms with E-state index in [0.29, 0.717) is 18.9 Å². The molecule has 1 aromatic heterocycles. The maximum atomic E-state index is 10.6. The summed E-state index contributed by atoms with van der Waals surface area (Å²) >= 11 is 0. The van der Waals surface area contributed by atoms with Gasteiger partial charge in [-0.1, -0.05) is 6.92 Å². The van der Waals surface area contributed by atoms with Crippen LogP contribution in [0.4, 0.5) is 16.4 Å². The summed E-state index contributed by atoms with van der Waals surface area (Å²) in [5.74, 6) is 2.33. The topological polar surface area (TPSA) is 105 Å². The van der Waals surface area contributed by atoms with Crippen LogP contribution in [0.15, 0.2) is 0 Å². The molecule has 0 radical (unpaired) electrons. The molecule has 1 rings (SSSR count). The van der Waals surface area contributed by atoms with Crippen LogP contribution in [0.1, 0.15) is 24.7 Å². The van der Waals surface area contributed by atoms with Crippen LogP contribution in [0.5, 0.6) is 0 Å². The van der Waals surface area contributed by atoms with Gasteiger partial charge in [0.2, 0.25) is 0 Å². The lowest BCUT2D eigenvalue weighted by molar-refractivity contribution is 0.249. The van der Waals surface area contributed by atoms with Gasteiger partial charge in [-0.15, -0.1) is 0 Å². The summed E-state index contributed by atoms with van der Waals surface area (Å²) in [5, 5.41) is 8.95. The minimum Gasteiger partial charge on any atom is -0.370 e. The molecule has 19 heavy (non-hydrogen) atoms. The molecule has 2 amide bonds. The molecule has 1 heterocycles. The van der Waals surface area contributed by atoms with Crippen LogP contribution in [-0.2, 0) is 0 Å². The number of aryl methyl sites for hydroxylation is 1. The molecule has 1 aromatic rings. The standard InChI is InChI=1S/C12H22N6O/c1-4-5-14-10-8(2)11(18-9(3)17-10)15-6-7-16-12(13)19/h4-7H2,1-3H3,(H3,13,16,19)(H2,14,15,17,18). The zero-order valence-electron chi connectivity index (χ0n) is 11.7. The van der Waals surface area contributed by atoms with Crippen LogP contribution in [0.2, 0.25) is 0 Å². The van der Waals surface area contributed by atoms with Crippen LogP contribution in [0, 0.1) is 13.8 Å². The highest BCUT2D eigenvalue weighted by molar-refractivity contribution is 5.71. The maximum Gasteiger partial charge on any atom is 0.312 e. The Hall–Kier alpha value is -2.05. The molecule has 7 nitrogen and oxygen atoms in total. The maximum absolute atomic E-state index is 10.6. The second-order valence-corrected chi connectivity index (χ2v) is 4.24. The van der Waals surface area contributed by atoms with E-state index in [2.05, 4.69) is 32.8 Å². The van der Waals surface area contributed by atoms with Gasteiger partial charge < -0.3 is 21.7 Å². The summed E-state index contributed by atoms with van der Waals surface area (Å²) in [5.41, 5.74) is 5.96. The van der Waals surface area contributed by atoms with E-state index in [1.54, 1.807) is 0 Å². The normalized spacial score (nSPS) is 10.1. The minimum atomic E-state index is -0.525. The third kappa shape index (κ3) is 4.99. The van der Waals surface area contributed by atoms with Crippen molar-refractivity contribution < 1.29 is 4.79 Å². The Bertz CT molecular complexity index is 434. The molecule has 0 bridgehead atoms. The van der Waals surface area contributed by atoms with Gasteiger partial charge in [-0.25, -0.2) is 14.8 Å². The molecular weight excluding hydrogens is 244 g/mol. The van der Waals surface area contributed by atoms with E-state index in [4.69, 9.17) is 5.73 Å². The molecular formula is C12H22N6O. The van der Waals surface area contributed by atoms with E-state index in [-0.39, 0.29) is 0 Å². The van der Waals surface area contributed by atoms with Gasteiger partial charge in [0.25, 0.3) is 0 Å². The Labute approximate surface area is 113 Å². The predicted octanol–water partition coefficient (Wildman–Crippen LogP) is 0.996. The second-order valence-electron chi connectivity index (χ2n) is 4.24. The Kier molecular flexibility index (Phi) is 5.84. The van der Waals surface area contributed by atoms with E-state index in [1.807, 2.05) is 13.8 Å². The minimum absolute atomic E-state index is 0.454. The fraction of sp³-hybridized carbons (Fsp3) is 0.583. The number of hydrogen-bond acceptors (Lipinski definition) is 5. The number of hydrogen-bond donors (Lipinski definition) is 4. The van der Waals surface area contributed by atoms with Crippen LogP contribution < -0.4 is 21.7 Å². The SMILES string of the molecule is CCCNc1nc(C)nc(NCCNC(N)=O)c1C. The molecule has 0 aliphatic carbocycles. The summed E-state index contributed by atoms with van der Waals surface area (Å²) in [6, 6.07) is -0.525. The number of rotatable bonds is 7. The quantitative estimate of drug-likeness (QED) is 0.551. The molecule has 0 saturated carbocycles. The highest BCUT2D eigenvalue weighted by atomic mass is 16.2. The second kappa shape index (κ2) is 7.40. The predicted molar refractivity (Wildman–Crippen MR) is 76.4 cm³/mol. The smallest absolute Gasteiger partial charge is 0.312 e. The van der Waals surface area contributed by atoms with Gasteiger partial charge in [0, 0.05) is 25.2 Å². The number of carbonyl (C=O) groups is 1. The Morgan fingerprint density at radius 3 is 2.21 bits per heavy atom. The average Bonchev–Trinajstić information content (AvgIpc) is 2.36. The number of carbonyl (C=O) groups excluding carboxylic acids is 1. The van der Waals surface area contributed by atoms with E-state index in [1.165, 1.54) is 0 Å². The summed E-state index contributed by atoms with van der Waals surface area (Å²) in [4.78, 5) is 19.3. The third-order valence-corrected chi connectivity index (χ3v) is 2.52. The first-order valence-electron chi connectivity index (χ1n) is 6.40. The van der Waals surface area contributed by atoms with Crippen molar-refractivity contribution in [2.75, 3.05) is 30.3 Å². The number of nitrogens with two attached hydrogens (primary N) is 1. The zero-order valence-corrected chi connectivity index (χ0v) is 11.7. The summed E-state index contributed by atoms with van der Waals surface area (Å²) in [6.07, 6.45) is 1.04. The van der Waals surface area contributed by atoms with Crippen LogP contribution >= 0.6 is 0 Å². The summed E-state index contributed by atoms with van der Waals surface area (Å²) in [6.45, 7) is 7.80. The monoisotopic (exact) mass is 266 g/mol. The van der Waals surface area contributed by atoms with E-state index < -0.39 is 6.03 Å². The Morgan fingerprint density at radius 1 is 1.11 bits per heavy atom. The van der Waals surface area contributed by atoms with Crippen molar-refractivity contribution in [1.29, 1.82) is 0 Å². The number of nitrogens with zero attached hydrogens (tertiary/aromatic N) is 2. The van der Waals surface area contributed by atoms with E-state index in [9.17, 15) is 4.79 Å². The van der Waals surface area contributed by atoms with Crippen molar-refractivity contribution in [2.24, 2.45) is 5.73 Å². The molecule has 0 aliphatic rings. The third-order valence-electron chi connectivity index (χ3n) is 2.52. The lowest BCUT2D eigenvalue weighted by Gasteiger charge is -2.14. The van der Waals surface area contributed by atoms with E-state index in [0.717, 1.165) is 30.2 Å². The van der Waals surface area contributed by atoms with Gasteiger partial charge in [-0.3, -0.25) is 0 Å². The van der Waals surface area contributed by atoms with E-state index >= 15 is 0 Å². The number of anilines is 2. The fourth-order valence-electron chi connectivity index (χ4n) is 1.58. The van der Waals surface area contributed by atoms with Crippen molar-refractivity contribution in [2.45, 2.75) is 27.2 Å². The van der Waals surface area contributed by atoms with Crippen LogP contribution in [-0.4, -0.2) is 35.6 Å². The lowest BCUT2D eigenvalue weighted by atomic mass is 10.3. The highest BCUT2D eigenvalue weighted by Crippen LogP contribution is 2.19. The molecule has 5 N–H and O–H groups in total. The number of nitrogens with one attached hydrogen (secondary N) is 3. The molecule has 0 spiro atoms. The van der Waals surface area contributed by atoms with Crippen molar-refractivity contribution in [3.05, 3.63) is 11.4 Å². The average molecular weight is 266 g/mol. The van der Waals surface area contributed by atoms with Gasteiger partial charge in [-0.05, 0) is 20.3 Å². The van der Waals surface area contributed by atoms with Gasteiger partial charge in [0.15, 0.2) is 0 Å². The zero-order chi connectivity index (χ0) is 14.3.